The third-order valence-electron chi connectivity index (χ3n) is 2.86. The van der Waals surface area contributed by atoms with Gasteiger partial charge >= 0.3 is 5.97 Å². The lowest BCUT2D eigenvalue weighted by Crippen LogP contribution is -2.32. The van der Waals surface area contributed by atoms with Gasteiger partial charge in [-0.1, -0.05) is 6.07 Å². The predicted octanol–water partition coefficient (Wildman–Crippen LogP) is 1.09. The summed E-state index contributed by atoms with van der Waals surface area (Å²) in [6.07, 6.45) is -0.242. The van der Waals surface area contributed by atoms with Crippen LogP contribution in [0.5, 0.6) is 0 Å². The minimum Gasteiger partial charge on any atom is -0.465 e. The first kappa shape index (κ1) is 16.6. The van der Waals surface area contributed by atoms with E-state index >= 15 is 0 Å². The van der Waals surface area contributed by atoms with Crippen LogP contribution in [-0.4, -0.2) is 41.3 Å². The standard InChI is InChI=1S/C13H19NO5S/c1-9-5-6-11(13(15)19-4)7-12(9)20(16,17)14-8-10(2)18-3/h5-7,10,14H,8H2,1-4H3. The highest BCUT2D eigenvalue weighted by molar-refractivity contribution is 7.89. The largest absolute Gasteiger partial charge is 0.465 e. The lowest BCUT2D eigenvalue weighted by Gasteiger charge is -2.13. The van der Waals surface area contributed by atoms with Gasteiger partial charge in [-0.3, -0.25) is 0 Å². The summed E-state index contributed by atoms with van der Waals surface area (Å²) in [5, 5.41) is 0. The van der Waals surface area contributed by atoms with Crippen molar-refractivity contribution < 1.29 is 22.7 Å². The normalized spacial score (nSPS) is 13.0. The van der Waals surface area contributed by atoms with Gasteiger partial charge in [-0.25, -0.2) is 17.9 Å². The molecule has 0 aliphatic heterocycles. The zero-order chi connectivity index (χ0) is 15.3. The average Bonchev–Trinajstić information content (AvgIpc) is 2.44. The number of methoxy groups -OCH3 is 2. The van der Waals surface area contributed by atoms with Crippen molar-refractivity contribution in [1.29, 1.82) is 0 Å². The van der Waals surface area contributed by atoms with E-state index < -0.39 is 16.0 Å². The monoisotopic (exact) mass is 301 g/mol. The molecular weight excluding hydrogens is 282 g/mol. The summed E-state index contributed by atoms with van der Waals surface area (Å²) in [4.78, 5) is 11.5. The highest BCUT2D eigenvalue weighted by Crippen LogP contribution is 2.17. The van der Waals surface area contributed by atoms with E-state index in [1.165, 1.54) is 26.4 Å². The zero-order valence-corrected chi connectivity index (χ0v) is 12.8. The molecule has 1 rings (SSSR count). The quantitative estimate of drug-likeness (QED) is 0.796. The second-order valence-corrected chi connectivity index (χ2v) is 6.11. The minimum atomic E-state index is -3.70. The summed E-state index contributed by atoms with van der Waals surface area (Å²) in [5.74, 6) is -0.577. The van der Waals surface area contributed by atoms with Crippen LogP contribution in [0.3, 0.4) is 0 Å². The maximum atomic E-state index is 12.2. The molecule has 112 valence electrons. The van der Waals surface area contributed by atoms with Crippen LogP contribution in [-0.2, 0) is 19.5 Å². The molecule has 0 aliphatic rings. The molecule has 0 spiro atoms. The molecule has 1 N–H and O–H groups in total. The van der Waals surface area contributed by atoms with Gasteiger partial charge in [0.2, 0.25) is 10.0 Å². The first-order valence-corrected chi connectivity index (χ1v) is 7.51. The molecule has 1 unspecified atom stereocenters. The van der Waals surface area contributed by atoms with Crippen molar-refractivity contribution in [2.24, 2.45) is 0 Å². The van der Waals surface area contributed by atoms with Gasteiger partial charge in [0.25, 0.3) is 0 Å². The van der Waals surface area contributed by atoms with Gasteiger partial charge < -0.3 is 9.47 Å². The molecule has 20 heavy (non-hydrogen) atoms. The number of benzene rings is 1. The van der Waals surface area contributed by atoms with E-state index in [9.17, 15) is 13.2 Å². The molecule has 6 nitrogen and oxygen atoms in total. The van der Waals surface area contributed by atoms with E-state index in [4.69, 9.17) is 4.74 Å². The van der Waals surface area contributed by atoms with E-state index in [1.54, 1.807) is 19.9 Å². The van der Waals surface area contributed by atoms with Gasteiger partial charge in [0.05, 0.1) is 23.7 Å². The Bertz CT molecular complexity index is 582. The van der Waals surface area contributed by atoms with Crippen molar-refractivity contribution in [2.75, 3.05) is 20.8 Å². The van der Waals surface area contributed by atoms with Gasteiger partial charge in [0.15, 0.2) is 0 Å². The van der Waals surface area contributed by atoms with Gasteiger partial charge in [0, 0.05) is 13.7 Å². The van der Waals surface area contributed by atoms with Gasteiger partial charge in [0.1, 0.15) is 0 Å². The molecule has 0 radical (unpaired) electrons. The summed E-state index contributed by atoms with van der Waals surface area (Å²) >= 11 is 0. The Labute approximate surface area is 119 Å². The Kier molecular flexibility index (Phi) is 5.67. The molecule has 7 heteroatoms. The van der Waals surface area contributed by atoms with Crippen LogP contribution in [0.15, 0.2) is 23.1 Å². The van der Waals surface area contributed by atoms with Crippen molar-refractivity contribution in [2.45, 2.75) is 24.8 Å². The first-order valence-electron chi connectivity index (χ1n) is 6.03. The van der Waals surface area contributed by atoms with Crippen LogP contribution in [0.1, 0.15) is 22.8 Å². The second-order valence-electron chi connectivity index (χ2n) is 4.37. The molecule has 0 heterocycles. The van der Waals surface area contributed by atoms with Crippen molar-refractivity contribution in [3.63, 3.8) is 0 Å². The number of hydrogen-bond acceptors (Lipinski definition) is 5. The summed E-state index contributed by atoms with van der Waals surface area (Å²) in [6.45, 7) is 3.57. The highest BCUT2D eigenvalue weighted by Gasteiger charge is 2.19. The number of nitrogens with one attached hydrogen (secondary N) is 1. The van der Waals surface area contributed by atoms with Gasteiger partial charge in [-0.05, 0) is 31.5 Å². The van der Waals surface area contributed by atoms with Crippen LogP contribution in [0.2, 0.25) is 0 Å². The fourth-order valence-corrected chi connectivity index (χ4v) is 2.91. The third kappa shape index (κ3) is 4.03. The summed E-state index contributed by atoms with van der Waals surface area (Å²) < 4.78 is 36.5. The van der Waals surface area contributed by atoms with Crippen molar-refractivity contribution in [3.8, 4) is 0 Å². The maximum Gasteiger partial charge on any atom is 0.337 e. The maximum absolute atomic E-state index is 12.2. The minimum absolute atomic E-state index is 0.0590. The van der Waals surface area contributed by atoms with Gasteiger partial charge in [-0.15, -0.1) is 0 Å². The van der Waals surface area contributed by atoms with Crippen molar-refractivity contribution in [1.82, 2.24) is 4.72 Å². The average molecular weight is 301 g/mol. The van der Waals surface area contributed by atoms with E-state index in [1.807, 2.05) is 0 Å². The number of ether oxygens (including phenoxy) is 2. The van der Waals surface area contributed by atoms with E-state index in [0.717, 1.165) is 0 Å². The fourth-order valence-electron chi connectivity index (χ4n) is 1.52. The van der Waals surface area contributed by atoms with Gasteiger partial charge in [-0.2, -0.15) is 0 Å². The Hall–Kier alpha value is -1.44. The summed E-state index contributed by atoms with van der Waals surface area (Å²) in [5.41, 5.74) is 0.744. The van der Waals surface area contributed by atoms with E-state index in [0.29, 0.717) is 5.56 Å². The van der Waals surface area contributed by atoms with Crippen LogP contribution in [0, 0.1) is 6.92 Å². The number of hydrogen-bond donors (Lipinski definition) is 1. The van der Waals surface area contributed by atoms with Crippen LogP contribution in [0.4, 0.5) is 0 Å². The molecule has 0 aliphatic carbocycles. The molecular formula is C13H19NO5S. The summed E-state index contributed by atoms with van der Waals surface area (Å²) in [6, 6.07) is 4.40. The number of esters is 1. The molecule has 1 aromatic carbocycles. The topological polar surface area (TPSA) is 81.7 Å². The third-order valence-corrected chi connectivity index (χ3v) is 4.43. The van der Waals surface area contributed by atoms with Crippen LogP contribution in [0.25, 0.3) is 0 Å². The Morgan fingerprint density at radius 3 is 2.55 bits per heavy atom. The lowest BCUT2D eigenvalue weighted by molar-refractivity contribution is 0.0600. The Morgan fingerprint density at radius 2 is 2.00 bits per heavy atom. The smallest absolute Gasteiger partial charge is 0.337 e. The highest BCUT2D eigenvalue weighted by atomic mass is 32.2. The Morgan fingerprint density at radius 1 is 1.35 bits per heavy atom. The molecule has 1 atom stereocenters. The Balaban J connectivity index is 3.07. The molecule has 0 saturated heterocycles. The number of sulfonamides is 1. The number of carbonyl (C=O) groups excluding carboxylic acids is 1. The molecule has 0 fully saturated rings. The van der Waals surface area contributed by atoms with Crippen molar-refractivity contribution in [3.05, 3.63) is 29.3 Å². The van der Waals surface area contributed by atoms with E-state index in [2.05, 4.69) is 9.46 Å². The molecule has 0 saturated carbocycles. The zero-order valence-electron chi connectivity index (χ0n) is 12.0. The number of aryl methyl sites for hydroxylation is 1. The number of carbonyl (C=O) groups is 1. The molecule has 0 bridgehead atoms. The van der Waals surface area contributed by atoms with E-state index in [-0.39, 0.29) is 23.1 Å². The molecule has 0 amide bonds. The fraction of sp³-hybridized carbons (Fsp3) is 0.462. The predicted molar refractivity (Wildman–Crippen MR) is 74.2 cm³/mol. The number of rotatable bonds is 6. The second kappa shape index (κ2) is 6.83. The van der Waals surface area contributed by atoms with Crippen molar-refractivity contribution >= 4 is 16.0 Å². The lowest BCUT2D eigenvalue weighted by atomic mass is 10.1. The first-order chi connectivity index (χ1) is 9.31. The molecule has 1 aromatic rings. The van der Waals surface area contributed by atoms with Crippen LogP contribution >= 0.6 is 0 Å². The SMILES string of the molecule is COC(=O)c1ccc(C)c(S(=O)(=O)NCC(C)OC)c1. The molecule has 0 aromatic heterocycles. The summed E-state index contributed by atoms with van der Waals surface area (Å²) in [7, 11) is -0.951. The van der Waals surface area contributed by atoms with Crippen LogP contribution < -0.4 is 4.72 Å².